The van der Waals surface area contributed by atoms with E-state index in [0.29, 0.717) is 5.75 Å². The molecule has 0 radical (unpaired) electrons. The molecule has 0 aliphatic heterocycles. The van der Waals surface area contributed by atoms with E-state index >= 15 is 0 Å². The SMILES string of the molecule is Cc1ccc2oc3c(SCc4nc5ccccc5[nH]4)nc(C)nc3c2c1.O=C(O)C(F)(F)F. The van der Waals surface area contributed by atoms with Crippen LogP contribution < -0.4 is 0 Å². The maximum atomic E-state index is 10.6. The van der Waals surface area contributed by atoms with E-state index in [1.165, 1.54) is 5.56 Å². The van der Waals surface area contributed by atoms with E-state index in [4.69, 9.17) is 14.3 Å². The van der Waals surface area contributed by atoms with Crippen LogP contribution in [0.3, 0.4) is 0 Å². The van der Waals surface area contributed by atoms with E-state index < -0.39 is 12.1 Å². The Bertz CT molecular complexity index is 1440. The second kappa shape index (κ2) is 8.74. The van der Waals surface area contributed by atoms with Crippen LogP contribution in [0.5, 0.6) is 0 Å². The van der Waals surface area contributed by atoms with Crippen LogP contribution in [0.4, 0.5) is 13.2 Å². The van der Waals surface area contributed by atoms with E-state index in [0.717, 1.165) is 49.8 Å². The molecule has 0 aliphatic rings. The predicted molar refractivity (Wildman–Crippen MR) is 118 cm³/mol. The molecule has 0 aliphatic carbocycles. The number of halogens is 3. The molecular formula is C22H17F3N4O3S. The van der Waals surface area contributed by atoms with Crippen LogP contribution in [0.25, 0.3) is 33.1 Å². The molecule has 33 heavy (non-hydrogen) atoms. The summed E-state index contributed by atoms with van der Waals surface area (Å²) in [5.74, 6) is -0.398. The number of carboxylic acids is 1. The standard InChI is InChI=1S/C20H16N4OS.C2HF3O2/c1-11-7-8-16-13(9-11)18-19(25-16)20(22-12(2)21-18)26-10-17-23-14-5-3-4-6-15(14)24-17;3-2(4,5)1(6)7/h3-9H,10H2,1-2H3,(H,23,24);(H,6,7). The first-order valence-corrected chi connectivity index (χ1v) is 10.6. The fourth-order valence-electron chi connectivity index (χ4n) is 3.15. The van der Waals surface area contributed by atoms with Crippen LogP contribution in [0.2, 0.25) is 0 Å². The van der Waals surface area contributed by atoms with Gasteiger partial charge in [-0.15, -0.1) is 0 Å². The number of aromatic nitrogens is 4. The molecule has 2 N–H and O–H groups in total. The number of carbonyl (C=O) groups is 1. The highest BCUT2D eigenvalue weighted by molar-refractivity contribution is 7.98. The largest absolute Gasteiger partial charge is 0.490 e. The molecule has 11 heteroatoms. The summed E-state index contributed by atoms with van der Waals surface area (Å²) in [5, 5.41) is 9.01. The molecule has 0 atom stereocenters. The number of carboxylic acid groups (broad SMARTS) is 1. The number of nitrogens with zero attached hydrogens (tertiary/aromatic N) is 3. The number of thioether (sulfide) groups is 1. The summed E-state index contributed by atoms with van der Waals surface area (Å²) in [6.07, 6.45) is -5.08. The maximum Gasteiger partial charge on any atom is 0.490 e. The number of H-pyrrole nitrogens is 1. The molecule has 5 aromatic rings. The van der Waals surface area contributed by atoms with Gasteiger partial charge in [0.15, 0.2) is 5.58 Å². The first kappa shape index (κ1) is 22.6. The third kappa shape index (κ3) is 4.92. The molecule has 0 saturated heterocycles. The van der Waals surface area contributed by atoms with Gasteiger partial charge in [-0.3, -0.25) is 0 Å². The van der Waals surface area contributed by atoms with E-state index in [-0.39, 0.29) is 0 Å². The summed E-state index contributed by atoms with van der Waals surface area (Å²) < 4.78 is 37.8. The van der Waals surface area contributed by atoms with Crippen molar-refractivity contribution in [3.63, 3.8) is 0 Å². The smallest absolute Gasteiger partial charge is 0.475 e. The molecule has 2 aromatic carbocycles. The monoisotopic (exact) mass is 474 g/mol. The van der Waals surface area contributed by atoms with Gasteiger partial charge in [0.05, 0.1) is 16.8 Å². The Morgan fingerprint density at radius 3 is 2.55 bits per heavy atom. The minimum absolute atomic E-state index is 0.691. The van der Waals surface area contributed by atoms with Crippen LogP contribution in [-0.4, -0.2) is 37.2 Å². The normalized spacial score (nSPS) is 11.7. The van der Waals surface area contributed by atoms with Crippen molar-refractivity contribution in [2.24, 2.45) is 0 Å². The molecule has 0 unspecified atom stereocenters. The van der Waals surface area contributed by atoms with Gasteiger partial charge in [-0.25, -0.2) is 19.7 Å². The summed E-state index contributed by atoms with van der Waals surface area (Å²) in [4.78, 5) is 26.1. The number of rotatable bonds is 3. The zero-order valence-corrected chi connectivity index (χ0v) is 18.2. The number of aliphatic carboxylic acids is 1. The molecule has 7 nitrogen and oxygen atoms in total. The van der Waals surface area contributed by atoms with Crippen molar-refractivity contribution in [1.29, 1.82) is 0 Å². The first-order chi connectivity index (χ1) is 15.6. The number of hydrogen-bond donors (Lipinski definition) is 2. The lowest BCUT2D eigenvalue weighted by molar-refractivity contribution is -0.192. The number of para-hydroxylation sites is 2. The molecule has 0 fully saturated rings. The van der Waals surface area contributed by atoms with Crippen LogP contribution >= 0.6 is 11.8 Å². The van der Waals surface area contributed by atoms with Gasteiger partial charge in [-0.05, 0) is 38.1 Å². The number of aromatic amines is 1. The van der Waals surface area contributed by atoms with Gasteiger partial charge in [0.25, 0.3) is 0 Å². The first-order valence-electron chi connectivity index (χ1n) is 9.66. The minimum atomic E-state index is -5.08. The molecule has 0 bridgehead atoms. The molecule has 0 amide bonds. The zero-order chi connectivity index (χ0) is 23.8. The lowest BCUT2D eigenvalue weighted by atomic mass is 10.2. The van der Waals surface area contributed by atoms with Crippen molar-refractivity contribution in [3.05, 3.63) is 59.7 Å². The van der Waals surface area contributed by atoms with Crippen molar-refractivity contribution in [1.82, 2.24) is 19.9 Å². The third-order valence-corrected chi connectivity index (χ3v) is 5.54. The molecule has 5 rings (SSSR count). The molecule has 0 spiro atoms. The lowest BCUT2D eigenvalue weighted by Gasteiger charge is -2.01. The van der Waals surface area contributed by atoms with Crippen molar-refractivity contribution in [2.45, 2.75) is 30.8 Å². The van der Waals surface area contributed by atoms with E-state index in [2.05, 4.69) is 32.9 Å². The Hall–Kier alpha value is -3.60. The number of imidazole rings is 1. The topological polar surface area (TPSA) is 105 Å². The summed E-state index contributed by atoms with van der Waals surface area (Å²) >= 11 is 1.61. The Balaban J connectivity index is 0.000000325. The predicted octanol–water partition coefficient (Wildman–Crippen LogP) is 5.79. The van der Waals surface area contributed by atoms with Crippen molar-refractivity contribution in [2.75, 3.05) is 0 Å². The summed E-state index contributed by atoms with van der Waals surface area (Å²) in [5.41, 5.74) is 5.68. The number of aryl methyl sites for hydroxylation is 2. The van der Waals surface area contributed by atoms with Gasteiger partial charge >= 0.3 is 12.1 Å². The average Bonchev–Trinajstić information content (AvgIpc) is 3.32. The van der Waals surface area contributed by atoms with Gasteiger partial charge in [-0.1, -0.05) is 35.5 Å². The maximum absolute atomic E-state index is 10.6. The quantitative estimate of drug-likeness (QED) is 0.252. The van der Waals surface area contributed by atoms with Crippen LogP contribution in [0.15, 0.2) is 51.9 Å². The number of benzene rings is 2. The van der Waals surface area contributed by atoms with Crippen molar-refractivity contribution >= 4 is 50.8 Å². The van der Waals surface area contributed by atoms with Crippen molar-refractivity contribution < 1.29 is 27.5 Å². The Labute approximate surface area is 189 Å². The van der Waals surface area contributed by atoms with Gasteiger partial charge in [0.2, 0.25) is 0 Å². The number of fused-ring (bicyclic) bond motifs is 4. The van der Waals surface area contributed by atoms with E-state index in [1.807, 2.05) is 43.3 Å². The minimum Gasteiger partial charge on any atom is -0.475 e. The third-order valence-electron chi connectivity index (χ3n) is 4.58. The molecule has 170 valence electrons. The Morgan fingerprint density at radius 2 is 1.85 bits per heavy atom. The van der Waals surface area contributed by atoms with Crippen molar-refractivity contribution in [3.8, 4) is 0 Å². The van der Waals surface area contributed by atoms with E-state index in [1.54, 1.807) is 11.8 Å². The number of hydrogen-bond acceptors (Lipinski definition) is 6. The number of alkyl halides is 3. The van der Waals surface area contributed by atoms with Crippen LogP contribution in [-0.2, 0) is 10.5 Å². The average molecular weight is 474 g/mol. The highest BCUT2D eigenvalue weighted by Crippen LogP contribution is 2.34. The second-order valence-corrected chi connectivity index (χ2v) is 8.11. The zero-order valence-electron chi connectivity index (χ0n) is 17.4. The molecule has 3 heterocycles. The highest BCUT2D eigenvalue weighted by atomic mass is 32.2. The fraction of sp³-hybridized carbons (Fsp3) is 0.182. The lowest BCUT2D eigenvalue weighted by Crippen LogP contribution is -2.21. The summed E-state index contributed by atoms with van der Waals surface area (Å²) in [6.45, 7) is 3.99. The summed E-state index contributed by atoms with van der Waals surface area (Å²) in [7, 11) is 0. The van der Waals surface area contributed by atoms with Gasteiger partial charge in [0, 0.05) is 5.39 Å². The number of furan rings is 1. The Kier molecular flexibility index (Phi) is 5.98. The Morgan fingerprint density at radius 1 is 1.12 bits per heavy atom. The number of nitrogens with one attached hydrogen (secondary N) is 1. The molecule has 3 aromatic heterocycles. The molecule has 0 saturated carbocycles. The summed E-state index contributed by atoms with van der Waals surface area (Å²) in [6, 6.07) is 14.2. The molecular weight excluding hydrogens is 457 g/mol. The second-order valence-electron chi connectivity index (χ2n) is 7.15. The van der Waals surface area contributed by atoms with Crippen LogP contribution in [0.1, 0.15) is 17.2 Å². The van der Waals surface area contributed by atoms with Gasteiger partial charge in [-0.2, -0.15) is 13.2 Å². The highest BCUT2D eigenvalue weighted by Gasteiger charge is 2.38. The van der Waals surface area contributed by atoms with Gasteiger partial charge in [0.1, 0.15) is 27.8 Å². The van der Waals surface area contributed by atoms with E-state index in [9.17, 15) is 13.2 Å². The van der Waals surface area contributed by atoms with Gasteiger partial charge < -0.3 is 14.5 Å². The fourth-order valence-corrected chi connectivity index (χ4v) is 4.02. The van der Waals surface area contributed by atoms with Crippen LogP contribution in [0, 0.1) is 13.8 Å².